The fourth-order valence-electron chi connectivity index (χ4n) is 3.85. The normalized spacial score (nSPS) is 11.4. The third kappa shape index (κ3) is 2.61. The predicted molar refractivity (Wildman–Crippen MR) is 114 cm³/mol. The van der Waals surface area contributed by atoms with Gasteiger partial charge in [0.25, 0.3) is 5.91 Å². The summed E-state index contributed by atoms with van der Waals surface area (Å²) in [5.41, 5.74) is 1.55. The number of carbonyl (C=O) groups is 1. The summed E-state index contributed by atoms with van der Waals surface area (Å²) in [5, 5.41) is 28.2. The standard InChI is InChI=1S/C23H16BNO3/c26-23(17-6-10-18(11-7-17)24(27)28)25-20-13-9-16-5-4-14-2-1-3-15-8-12-19(20)22(16)21(14)15/h1-13,27-28H,(H,25,26). The van der Waals surface area contributed by atoms with Gasteiger partial charge in [0.1, 0.15) is 0 Å². The first-order valence-corrected chi connectivity index (χ1v) is 9.06. The van der Waals surface area contributed by atoms with Crippen molar-refractivity contribution in [3.8, 4) is 0 Å². The Morgan fingerprint density at radius 2 is 1.32 bits per heavy atom. The van der Waals surface area contributed by atoms with Crippen molar-refractivity contribution in [3.63, 3.8) is 0 Å². The molecule has 0 aliphatic carbocycles. The lowest BCUT2D eigenvalue weighted by molar-refractivity contribution is 0.102. The second-order valence-corrected chi connectivity index (χ2v) is 6.92. The molecular formula is C23H16BNO3. The summed E-state index contributed by atoms with van der Waals surface area (Å²) in [6.07, 6.45) is 0. The van der Waals surface area contributed by atoms with Crippen LogP contribution in [0.4, 0.5) is 5.69 Å². The highest BCUT2D eigenvalue weighted by Crippen LogP contribution is 2.37. The Hall–Kier alpha value is -3.41. The lowest BCUT2D eigenvalue weighted by atomic mass is 9.80. The molecular weight excluding hydrogens is 349 g/mol. The molecule has 134 valence electrons. The average Bonchev–Trinajstić information content (AvgIpc) is 2.73. The molecule has 3 N–H and O–H groups in total. The van der Waals surface area contributed by atoms with Crippen molar-refractivity contribution in [1.29, 1.82) is 0 Å². The first kappa shape index (κ1) is 16.7. The molecule has 0 bridgehead atoms. The van der Waals surface area contributed by atoms with Gasteiger partial charge in [-0.3, -0.25) is 4.79 Å². The second-order valence-electron chi connectivity index (χ2n) is 6.92. The van der Waals surface area contributed by atoms with Crippen molar-refractivity contribution in [2.75, 3.05) is 5.32 Å². The van der Waals surface area contributed by atoms with Gasteiger partial charge >= 0.3 is 7.12 Å². The maximum atomic E-state index is 12.7. The van der Waals surface area contributed by atoms with E-state index in [4.69, 9.17) is 0 Å². The molecule has 0 saturated carbocycles. The Bertz CT molecular complexity index is 1310. The number of anilines is 1. The van der Waals surface area contributed by atoms with Gasteiger partial charge in [0, 0.05) is 16.6 Å². The van der Waals surface area contributed by atoms with Crippen LogP contribution in [0.15, 0.2) is 78.9 Å². The molecule has 5 aromatic carbocycles. The zero-order valence-corrected chi connectivity index (χ0v) is 14.9. The molecule has 0 aromatic heterocycles. The quantitative estimate of drug-likeness (QED) is 0.339. The van der Waals surface area contributed by atoms with Crippen molar-refractivity contribution in [3.05, 3.63) is 84.4 Å². The van der Waals surface area contributed by atoms with Gasteiger partial charge in [-0.05, 0) is 50.6 Å². The van der Waals surface area contributed by atoms with Crippen LogP contribution in [0.2, 0.25) is 0 Å². The summed E-state index contributed by atoms with van der Waals surface area (Å²) < 4.78 is 0. The van der Waals surface area contributed by atoms with Gasteiger partial charge in [0.2, 0.25) is 0 Å². The molecule has 5 rings (SSSR count). The molecule has 0 aliphatic heterocycles. The molecule has 4 nitrogen and oxygen atoms in total. The smallest absolute Gasteiger partial charge is 0.423 e. The molecule has 0 spiro atoms. The fourth-order valence-corrected chi connectivity index (χ4v) is 3.85. The molecule has 0 unspecified atom stereocenters. The van der Waals surface area contributed by atoms with Gasteiger partial charge in [-0.2, -0.15) is 0 Å². The summed E-state index contributed by atoms with van der Waals surface area (Å²) in [7, 11) is -1.55. The Morgan fingerprint density at radius 1 is 0.714 bits per heavy atom. The average molecular weight is 365 g/mol. The first-order valence-electron chi connectivity index (χ1n) is 9.06. The van der Waals surface area contributed by atoms with Crippen LogP contribution in [0.25, 0.3) is 32.3 Å². The van der Waals surface area contributed by atoms with Crippen molar-refractivity contribution in [1.82, 2.24) is 0 Å². The Morgan fingerprint density at radius 3 is 2.00 bits per heavy atom. The maximum Gasteiger partial charge on any atom is 0.488 e. The fraction of sp³-hybridized carbons (Fsp3) is 0. The van der Waals surface area contributed by atoms with Crippen LogP contribution in [0.5, 0.6) is 0 Å². The van der Waals surface area contributed by atoms with Gasteiger partial charge in [0.15, 0.2) is 0 Å². The molecule has 0 radical (unpaired) electrons. The van der Waals surface area contributed by atoms with Crippen molar-refractivity contribution in [2.24, 2.45) is 0 Å². The lowest BCUT2D eigenvalue weighted by Crippen LogP contribution is -2.29. The number of rotatable bonds is 3. The van der Waals surface area contributed by atoms with Gasteiger partial charge in [0.05, 0.1) is 0 Å². The van der Waals surface area contributed by atoms with Gasteiger partial charge in [-0.1, -0.05) is 60.7 Å². The number of benzene rings is 5. The largest absolute Gasteiger partial charge is 0.488 e. The van der Waals surface area contributed by atoms with Gasteiger partial charge < -0.3 is 15.4 Å². The van der Waals surface area contributed by atoms with Gasteiger partial charge in [-0.15, -0.1) is 0 Å². The van der Waals surface area contributed by atoms with E-state index < -0.39 is 7.12 Å². The molecule has 0 aliphatic rings. The Balaban J connectivity index is 1.60. The van der Waals surface area contributed by atoms with Crippen LogP contribution in [-0.2, 0) is 0 Å². The Kier molecular flexibility index (Phi) is 3.79. The van der Waals surface area contributed by atoms with Crippen molar-refractivity contribution in [2.45, 2.75) is 0 Å². The number of hydrogen-bond acceptors (Lipinski definition) is 3. The van der Waals surface area contributed by atoms with E-state index in [0.717, 1.165) is 21.8 Å². The molecule has 0 fully saturated rings. The topological polar surface area (TPSA) is 69.6 Å². The summed E-state index contributed by atoms with van der Waals surface area (Å²) in [6, 6.07) is 24.8. The molecule has 0 heterocycles. The summed E-state index contributed by atoms with van der Waals surface area (Å²) in [6.45, 7) is 0. The number of hydrogen-bond donors (Lipinski definition) is 3. The van der Waals surface area contributed by atoms with Crippen LogP contribution in [0.3, 0.4) is 0 Å². The number of amides is 1. The van der Waals surface area contributed by atoms with E-state index in [1.165, 1.54) is 28.3 Å². The first-order chi connectivity index (χ1) is 13.6. The molecule has 1 amide bonds. The highest BCUT2D eigenvalue weighted by Gasteiger charge is 2.15. The van der Waals surface area contributed by atoms with E-state index in [0.29, 0.717) is 11.0 Å². The highest BCUT2D eigenvalue weighted by atomic mass is 16.4. The molecule has 0 saturated heterocycles. The van der Waals surface area contributed by atoms with E-state index in [2.05, 4.69) is 41.7 Å². The SMILES string of the molecule is O=C(Nc1ccc2ccc3cccc4ccc1c2c34)c1ccc(B(O)O)cc1. The van der Waals surface area contributed by atoms with Crippen LogP contribution < -0.4 is 10.8 Å². The minimum atomic E-state index is -1.55. The molecule has 0 atom stereocenters. The summed E-state index contributed by atoms with van der Waals surface area (Å²) in [5.74, 6) is -0.242. The Labute approximate surface area is 161 Å². The predicted octanol–water partition coefficient (Wildman–Crippen LogP) is 3.52. The van der Waals surface area contributed by atoms with Crippen molar-refractivity contribution >= 4 is 56.5 Å². The van der Waals surface area contributed by atoms with Gasteiger partial charge in [-0.25, -0.2) is 0 Å². The van der Waals surface area contributed by atoms with Crippen molar-refractivity contribution < 1.29 is 14.8 Å². The highest BCUT2D eigenvalue weighted by molar-refractivity contribution is 6.58. The third-order valence-corrected chi connectivity index (χ3v) is 5.25. The zero-order valence-electron chi connectivity index (χ0n) is 14.9. The van der Waals surface area contributed by atoms with E-state index in [1.54, 1.807) is 12.1 Å². The molecule has 5 aromatic rings. The summed E-state index contributed by atoms with van der Waals surface area (Å²) >= 11 is 0. The molecule has 28 heavy (non-hydrogen) atoms. The summed E-state index contributed by atoms with van der Waals surface area (Å²) in [4.78, 5) is 12.7. The second kappa shape index (κ2) is 6.34. The zero-order chi connectivity index (χ0) is 19.3. The van der Waals surface area contributed by atoms with E-state index >= 15 is 0 Å². The lowest BCUT2D eigenvalue weighted by Gasteiger charge is -2.14. The third-order valence-electron chi connectivity index (χ3n) is 5.25. The monoisotopic (exact) mass is 365 g/mol. The van der Waals surface area contributed by atoms with E-state index in [1.807, 2.05) is 18.2 Å². The van der Waals surface area contributed by atoms with E-state index in [-0.39, 0.29) is 5.91 Å². The minimum absolute atomic E-state index is 0.242. The van der Waals surface area contributed by atoms with Crippen LogP contribution in [-0.4, -0.2) is 23.1 Å². The van der Waals surface area contributed by atoms with Crippen LogP contribution >= 0.6 is 0 Å². The van der Waals surface area contributed by atoms with E-state index in [9.17, 15) is 14.8 Å². The number of nitrogens with one attached hydrogen (secondary N) is 1. The number of carbonyl (C=O) groups excluding carboxylic acids is 1. The molecule has 5 heteroatoms. The minimum Gasteiger partial charge on any atom is -0.423 e. The van der Waals surface area contributed by atoms with Crippen LogP contribution in [0.1, 0.15) is 10.4 Å². The maximum absolute atomic E-state index is 12.7. The van der Waals surface area contributed by atoms with Crippen LogP contribution in [0, 0.1) is 0 Å².